The summed E-state index contributed by atoms with van der Waals surface area (Å²) in [7, 11) is 0. The van der Waals surface area contributed by atoms with E-state index in [4.69, 9.17) is 4.98 Å². The van der Waals surface area contributed by atoms with E-state index in [-0.39, 0.29) is 24.7 Å². The Morgan fingerprint density at radius 3 is 2.15 bits per heavy atom. The Balaban J connectivity index is 0.000000232. The Morgan fingerprint density at radius 1 is 0.851 bits per heavy atom. The molecular weight excluding hydrogens is 841 g/mol. The smallest absolute Gasteiger partial charge is 0.262 e. The van der Waals surface area contributed by atoms with Crippen LogP contribution in [0.4, 0.5) is 5.82 Å². The summed E-state index contributed by atoms with van der Waals surface area (Å²) < 4.78 is 1.94. The van der Waals surface area contributed by atoms with Crippen LogP contribution in [-0.2, 0) is 20.9 Å². The summed E-state index contributed by atoms with van der Waals surface area (Å²) in [4.78, 5) is 70.8. The van der Waals surface area contributed by atoms with Gasteiger partial charge in [0.25, 0.3) is 17.7 Å². The van der Waals surface area contributed by atoms with E-state index in [1.54, 1.807) is 29.4 Å². The SMILES string of the molecule is C=C(/C=C1/C(=O)N(c2cccc(-c3nncn3CC)n2)CC1=C(C)C)N1CCCC1C.CCCC.CCCCCC(CCC)CCC.Cc1ccc2c(c1)C(=O)N(C1CCC(=O)NC1=O)C2=O. The minimum Gasteiger partial charge on any atom is -0.369 e. The topological polar surface area (TPSA) is 151 Å². The Labute approximate surface area is 400 Å². The fourth-order valence-electron chi connectivity index (χ4n) is 8.86. The number of anilines is 1. The van der Waals surface area contributed by atoms with Gasteiger partial charge in [-0.3, -0.25) is 39.1 Å². The molecule has 1 aromatic carbocycles. The lowest BCUT2D eigenvalue weighted by molar-refractivity contribution is -0.136. The third kappa shape index (κ3) is 14.2. The Kier molecular flexibility index (Phi) is 21.4. The molecule has 2 atom stereocenters. The van der Waals surface area contributed by atoms with E-state index in [0.29, 0.717) is 46.6 Å². The number of benzene rings is 1. The minimum absolute atomic E-state index is 0.0363. The molecule has 0 radical (unpaired) electrons. The molecule has 2 unspecified atom stereocenters. The number of carbonyl (C=O) groups excluding carboxylic acids is 5. The molecule has 0 spiro atoms. The molecule has 3 fully saturated rings. The molecule has 0 aliphatic carbocycles. The number of rotatable bonds is 15. The molecule has 3 aromatic rings. The number of pyridine rings is 1. The first-order valence-electron chi connectivity index (χ1n) is 25.0. The molecule has 364 valence electrons. The quantitative estimate of drug-likeness (QED) is 0.0892. The third-order valence-electron chi connectivity index (χ3n) is 12.9. The van der Waals surface area contributed by atoms with Crippen molar-refractivity contribution >= 4 is 35.4 Å². The molecule has 13 nitrogen and oxygen atoms in total. The van der Waals surface area contributed by atoms with Gasteiger partial charge in [-0.1, -0.05) is 129 Å². The second kappa shape index (κ2) is 26.6. The van der Waals surface area contributed by atoms with Crippen LogP contribution in [0, 0.1) is 12.8 Å². The van der Waals surface area contributed by atoms with Gasteiger partial charge < -0.3 is 9.47 Å². The maximum absolute atomic E-state index is 13.5. The number of fused-ring (bicyclic) bond motifs is 1. The van der Waals surface area contributed by atoms with Crippen LogP contribution >= 0.6 is 0 Å². The molecule has 67 heavy (non-hydrogen) atoms. The van der Waals surface area contributed by atoms with Crippen LogP contribution in [0.5, 0.6) is 0 Å². The van der Waals surface area contributed by atoms with Crippen LogP contribution in [0.15, 0.2) is 77.8 Å². The summed E-state index contributed by atoms with van der Waals surface area (Å²) in [5.41, 5.74) is 6.00. The molecular formula is C54H78N8O5. The molecule has 2 aromatic heterocycles. The van der Waals surface area contributed by atoms with Gasteiger partial charge in [-0.05, 0) is 95.7 Å². The zero-order valence-corrected chi connectivity index (χ0v) is 42.3. The number of nitrogens with zero attached hydrogens (tertiary/aromatic N) is 7. The fraction of sp³-hybridized carbons (Fsp3) is 0.556. The van der Waals surface area contributed by atoms with Gasteiger partial charge in [0.2, 0.25) is 11.8 Å². The van der Waals surface area contributed by atoms with Crippen molar-refractivity contribution in [3.63, 3.8) is 0 Å². The second-order valence-electron chi connectivity index (χ2n) is 18.4. The standard InChI is InChI=1S/C24H30N6O.C14H12N2O4.C12H26.C4H10/c1-6-28-15-25-27-23(28)21-10-7-11-22(26-21)30-14-20(16(2)3)19(24(30)31)13-18(5)29-12-8-9-17(29)4;1-7-2-3-8-9(6-7)14(20)16(13(8)19)10-4-5-11(17)15-12(10)18;1-4-7-8-11-12(9-5-2)10-6-3;1-3-4-2/h7,10-11,13,15,17H,5-6,8-9,12,14H2,1-4H3;2-3,6,10H,4-5H2,1H3,(H,15,17,18);12H,4-11H2,1-3H3;3-4H2,1-2H3/b19-13+;;;. The normalized spacial score (nSPS) is 18.4. The summed E-state index contributed by atoms with van der Waals surface area (Å²) in [6, 6.07) is 10.2. The summed E-state index contributed by atoms with van der Waals surface area (Å²) >= 11 is 0. The fourth-order valence-corrected chi connectivity index (χ4v) is 8.86. The van der Waals surface area contributed by atoms with Gasteiger partial charge in [-0.2, -0.15) is 0 Å². The monoisotopic (exact) mass is 919 g/mol. The average Bonchev–Trinajstić information content (AvgIpc) is 4.10. The van der Waals surface area contributed by atoms with Crippen LogP contribution in [0.25, 0.3) is 11.5 Å². The number of hydrogen-bond acceptors (Lipinski definition) is 9. The van der Waals surface area contributed by atoms with Gasteiger partial charge in [0.05, 0.1) is 17.7 Å². The van der Waals surface area contributed by atoms with E-state index in [2.05, 4.69) is 82.4 Å². The number of hydrogen-bond donors (Lipinski definition) is 1. The highest BCUT2D eigenvalue weighted by molar-refractivity contribution is 6.23. The van der Waals surface area contributed by atoms with E-state index in [1.165, 1.54) is 64.2 Å². The number of aryl methyl sites for hydroxylation is 2. The van der Waals surface area contributed by atoms with Crippen LogP contribution < -0.4 is 10.2 Å². The van der Waals surface area contributed by atoms with Gasteiger partial charge in [0.15, 0.2) is 5.82 Å². The van der Waals surface area contributed by atoms with Gasteiger partial charge in [-0.15, -0.1) is 10.2 Å². The molecule has 5 amide bonds. The van der Waals surface area contributed by atoms with Crippen molar-refractivity contribution in [3.05, 3.63) is 94.5 Å². The number of allylic oxidation sites excluding steroid dienone is 2. The highest BCUT2D eigenvalue weighted by Crippen LogP contribution is 2.33. The van der Waals surface area contributed by atoms with E-state index >= 15 is 0 Å². The number of imide groups is 2. The number of aromatic nitrogens is 4. The lowest BCUT2D eigenvalue weighted by Crippen LogP contribution is -2.54. The average molecular weight is 919 g/mol. The summed E-state index contributed by atoms with van der Waals surface area (Å²) in [6.07, 6.45) is 20.3. The highest BCUT2D eigenvalue weighted by atomic mass is 16.2. The highest BCUT2D eigenvalue weighted by Gasteiger charge is 2.44. The molecule has 1 N–H and O–H groups in total. The summed E-state index contributed by atoms with van der Waals surface area (Å²) in [6.45, 7) is 28.0. The van der Waals surface area contributed by atoms with Crippen molar-refractivity contribution in [2.45, 2.75) is 178 Å². The molecule has 3 saturated heterocycles. The van der Waals surface area contributed by atoms with Crippen molar-refractivity contribution in [1.29, 1.82) is 0 Å². The van der Waals surface area contributed by atoms with Gasteiger partial charge >= 0.3 is 0 Å². The number of unbranched alkanes of at least 4 members (excludes halogenated alkanes) is 3. The Bertz CT molecular complexity index is 2250. The van der Waals surface area contributed by atoms with Crippen molar-refractivity contribution in [3.8, 4) is 11.5 Å². The van der Waals surface area contributed by atoms with Crippen molar-refractivity contribution in [2.75, 3.05) is 18.0 Å². The first-order valence-corrected chi connectivity index (χ1v) is 25.0. The number of likely N-dealkylation sites (tertiary alicyclic amines) is 1. The van der Waals surface area contributed by atoms with E-state index in [0.717, 1.165) is 59.2 Å². The zero-order chi connectivity index (χ0) is 49.2. The van der Waals surface area contributed by atoms with Crippen LogP contribution in [0.1, 0.15) is 178 Å². The third-order valence-corrected chi connectivity index (χ3v) is 12.9. The molecule has 4 aliphatic rings. The van der Waals surface area contributed by atoms with Crippen molar-refractivity contribution < 1.29 is 24.0 Å². The summed E-state index contributed by atoms with van der Waals surface area (Å²) in [5, 5.41) is 10.4. The number of nitrogens with one attached hydrogen (secondary N) is 1. The van der Waals surface area contributed by atoms with Crippen molar-refractivity contribution in [1.82, 2.24) is 34.9 Å². The van der Waals surface area contributed by atoms with Crippen molar-refractivity contribution in [2.24, 2.45) is 5.92 Å². The first-order chi connectivity index (χ1) is 32.1. The van der Waals surface area contributed by atoms with E-state index in [1.807, 2.05) is 42.7 Å². The Hall–Kier alpha value is -5.72. The maximum Gasteiger partial charge on any atom is 0.262 e. The second-order valence-corrected chi connectivity index (χ2v) is 18.4. The lowest BCUT2D eigenvalue weighted by Gasteiger charge is -2.27. The molecule has 0 bridgehead atoms. The zero-order valence-electron chi connectivity index (χ0n) is 42.3. The van der Waals surface area contributed by atoms with Gasteiger partial charge in [-0.25, -0.2) is 4.98 Å². The van der Waals surface area contributed by atoms with E-state index in [9.17, 15) is 24.0 Å². The van der Waals surface area contributed by atoms with Crippen LogP contribution in [-0.4, -0.2) is 84.3 Å². The molecule has 6 heterocycles. The van der Waals surface area contributed by atoms with Gasteiger partial charge in [0.1, 0.15) is 23.9 Å². The largest absolute Gasteiger partial charge is 0.369 e. The lowest BCUT2D eigenvalue weighted by atomic mass is 9.92. The summed E-state index contributed by atoms with van der Waals surface area (Å²) in [5.74, 6) is 0.410. The Morgan fingerprint density at radius 2 is 1.55 bits per heavy atom. The van der Waals surface area contributed by atoms with Crippen LogP contribution in [0.3, 0.4) is 0 Å². The first kappa shape index (κ1) is 53.9. The number of piperidine rings is 1. The van der Waals surface area contributed by atoms with E-state index < -0.39 is 23.8 Å². The maximum atomic E-state index is 13.5. The molecule has 4 aliphatic heterocycles. The molecule has 0 saturated carbocycles. The number of amides is 5. The predicted octanol–water partition coefficient (Wildman–Crippen LogP) is 11.0. The minimum atomic E-state index is -0.902. The predicted molar refractivity (Wildman–Crippen MR) is 268 cm³/mol. The number of carbonyl (C=O) groups is 5. The van der Waals surface area contributed by atoms with Gasteiger partial charge in [0, 0.05) is 36.8 Å². The molecule has 13 heteroatoms. The van der Waals surface area contributed by atoms with Crippen LogP contribution in [0.2, 0.25) is 0 Å². The molecule has 7 rings (SSSR count).